The highest BCUT2D eigenvalue weighted by atomic mass is 32.2. The molecule has 1 amide bonds. The zero-order valence-corrected chi connectivity index (χ0v) is 19.5. The Morgan fingerprint density at radius 2 is 1.77 bits per heavy atom. The van der Waals surface area contributed by atoms with Gasteiger partial charge in [0.25, 0.3) is 0 Å². The quantitative estimate of drug-likeness (QED) is 0.503. The van der Waals surface area contributed by atoms with E-state index in [4.69, 9.17) is 0 Å². The van der Waals surface area contributed by atoms with Crippen molar-refractivity contribution >= 4 is 44.7 Å². The molecule has 0 bridgehead atoms. The molecule has 2 aromatic carbocycles. The van der Waals surface area contributed by atoms with Crippen LogP contribution in [0.15, 0.2) is 69.2 Å². The number of benzene rings is 2. The maximum atomic E-state index is 12.6. The molecule has 1 aliphatic heterocycles. The molecule has 1 aromatic heterocycles. The predicted molar refractivity (Wildman–Crippen MR) is 126 cm³/mol. The van der Waals surface area contributed by atoms with E-state index < -0.39 is 10.0 Å². The summed E-state index contributed by atoms with van der Waals surface area (Å²) in [6, 6.07) is 16.3. The molecular formula is C22H23N3O3S3. The monoisotopic (exact) mass is 473 g/mol. The zero-order valence-electron chi connectivity index (χ0n) is 17.0. The Hall–Kier alpha value is -2.20. The largest absolute Gasteiger partial charge is 0.325 e. The van der Waals surface area contributed by atoms with Gasteiger partial charge in [0, 0.05) is 29.7 Å². The first-order valence-corrected chi connectivity index (χ1v) is 13.2. The fraction of sp³-hybridized carbons (Fsp3) is 0.273. The van der Waals surface area contributed by atoms with E-state index in [2.05, 4.69) is 10.3 Å². The van der Waals surface area contributed by atoms with Crippen LogP contribution in [0.3, 0.4) is 0 Å². The van der Waals surface area contributed by atoms with Gasteiger partial charge in [-0.25, -0.2) is 13.4 Å². The maximum Gasteiger partial charge on any atom is 0.243 e. The molecule has 9 heteroatoms. The Balaban J connectivity index is 1.36. The van der Waals surface area contributed by atoms with E-state index in [9.17, 15) is 13.2 Å². The van der Waals surface area contributed by atoms with Crippen molar-refractivity contribution < 1.29 is 13.2 Å². The second kappa shape index (κ2) is 9.52. The lowest BCUT2D eigenvalue weighted by Crippen LogP contribution is -2.27. The van der Waals surface area contributed by atoms with Gasteiger partial charge in [-0.05, 0) is 44.0 Å². The average molecular weight is 474 g/mol. The van der Waals surface area contributed by atoms with E-state index in [1.54, 1.807) is 24.3 Å². The molecule has 0 aliphatic carbocycles. The molecule has 2 heterocycles. The van der Waals surface area contributed by atoms with Crippen LogP contribution in [0.4, 0.5) is 5.69 Å². The van der Waals surface area contributed by atoms with Crippen molar-refractivity contribution in [1.29, 1.82) is 0 Å². The minimum Gasteiger partial charge on any atom is -0.325 e. The van der Waals surface area contributed by atoms with Gasteiger partial charge >= 0.3 is 0 Å². The molecule has 6 nitrogen and oxygen atoms in total. The third-order valence-corrected chi connectivity index (χ3v) is 9.01. The lowest BCUT2D eigenvalue weighted by atomic mass is 10.2. The van der Waals surface area contributed by atoms with Crippen molar-refractivity contribution in [2.45, 2.75) is 34.3 Å². The summed E-state index contributed by atoms with van der Waals surface area (Å²) in [6.07, 6.45) is 1.80. The number of nitrogens with one attached hydrogen (secondary N) is 1. The molecule has 31 heavy (non-hydrogen) atoms. The molecular weight excluding hydrogens is 450 g/mol. The Labute approximate surface area is 190 Å². The molecule has 162 valence electrons. The number of amides is 1. The molecule has 1 N–H and O–H groups in total. The van der Waals surface area contributed by atoms with Crippen molar-refractivity contribution in [2.24, 2.45) is 0 Å². The minimum atomic E-state index is -3.45. The Morgan fingerprint density at radius 1 is 1.10 bits per heavy atom. The summed E-state index contributed by atoms with van der Waals surface area (Å²) in [7, 11) is -3.45. The van der Waals surface area contributed by atoms with Crippen LogP contribution in [0.25, 0.3) is 11.3 Å². The van der Waals surface area contributed by atoms with E-state index in [1.165, 1.54) is 27.4 Å². The van der Waals surface area contributed by atoms with E-state index in [1.807, 2.05) is 42.6 Å². The second-order valence-electron chi connectivity index (χ2n) is 7.25. The van der Waals surface area contributed by atoms with Gasteiger partial charge in [0.15, 0.2) is 4.34 Å². The van der Waals surface area contributed by atoms with Crippen LogP contribution in [0.5, 0.6) is 0 Å². The Bertz CT molecular complexity index is 1140. The van der Waals surface area contributed by atoms with Crippen LogP contribution in [0.1, 0.15) is 19.8 Å². The normalized spacial score (nSPS) is 15.6. The summed E-state index contributed by atoms with van der Waals surface area (Å²) in [4.78, 5) is 17.5. The Morgan fingerprint density at radius 3 is 2.45 bits per heavy atom. The van der Waals surface area contributed by atoms with Gasteiger partial charge in [-0.1, -0.05) is 42.1 Å². The van der Waals surface area contributed by atoms with Gasteiger partial charge in [-0.15, -0.1) is 11.3 Å². The van der Waals surface area contributed by atoms with Crippen LogP contribution < -0.4 is 5.32 Å². The van der Waals surface area contributed by atoms with Crippen LogP contribution >= 0.6 is 23.1 Å². The smallest absolute Gasteiger partial charge is 0.243 e. The number of thiazole rings is 1. The molecule has 0 radical (unpaired) electrons. The number of nitrogens with zero attached hydrogens (tertiary/aromatic N) is 2. The summed E-state index contributed by atoms with van der Waals surface area (Å²) in [5.41, 5.74) is 2.52. The van der Waals surface area contributed by atoms with Gasteiger partial charge in [0.2, 0.25) is 15.9 Å². The third-order valence-electron chi connectivity index (χ3n) is 5.02. The summed E-state index contributed by atoms with van der Waals surface area (Å²) >= 11 is 2.92. The summed E-state index contributed by atoms with van der Waals surface area (Å²) < 4.78 is 27.6. The van der Waals surface area contributed by atoms with Crippen molar-refractivity contribution in [3.63, 3.8) is 0 Å². The van der Waals surface area contributed by atoms with Crippen molar-refractivity contribution in [3.05, 3.63) is 60.0 Å². The lowest BCUT2D eigenvalue weighted by molar-refractivity contribution is -0.115. The number of rotatable bonds is 7. The van der Waals surface area contributed by atoms with Gasteiger partial charge in [0.05, 0.1) is 15.8 Å². The Kier molecular flexibility index (Phi) is 6.76. The topological polar surface area (TPSA) is 79.4 Å². The van der Waals surface area contributed by atoms with Crippen molar-refractivity contribution in [2.75, 3.05) is 18.4 Å². The first kappa shape index (κ1) is 22.0. The molecule has 1 aliphatic rings. The summed E-state index contributed by atoms with van der Waals surface area (Å²) in [6.45, 7) is 2.96. The average Bonchev–Trinajstić information content (AvgIpc) is 3.47. The van der Waals surface area contributed by atoms with Crippen molar-refractivity contribution in [3.8, 4) is 11.3 Å². The molecule has 1 saturated heterocycles. The number of hydrogen-bond donors (Lipinski definition) is 1. The van der Waals surface area contributed by atoms with Crippen LogP contribution in [-0.2, 0) is 14.8 Å². The molecule has 3 aromatic rings. The first-order valence-electron chi connectivity index (χ1n) is 10.0. The predicted octanol–water partition coefficient (Wildman–Crippen LogP) is 4.71. The molecule has 1 fully saturated rings. The third kappa shape index (κ3) is 5.17. The highest BCUT2D eigenvalue weighted by molar-refractivity contribution is 8.02. The van der Waals surface area contributed by atoms with Crippen LogP contribution in [0, 0.1) is 0 Å². The number of carbonyl (C=O) groups is 1. The van der Waals surface area contributed by atoms with Gasteiger partial charge in [-0.3, -0.25) is 4.79 Å². The van der Waals surface area contributed by atoms with Gasteiger partial charge in [-0.2, -0.15) is 4.31 Å². The number of anilines is 1. The van der Waals surface area contributed by atoms with E-state index >= 15 is 0 Å². The number of sulfonamides is 1. The second-order valence-corrected chi connectivity index (χ2v) is 11.6. The number of carbonyl (C=O) groups excluding carboxylic acids is 1. The number of hydrogen-bond acceptors (Lipinski definition) is 6. The van der Waals surface area contributed by atoms with E-state index in [-0.39, 0.29) is 16.1 Å². The minimum absolute atomic E-state index is 0.156. The van der Waals surface area contributed by atoms with Crippen molar-refractivity contribution in [1.82, 2.24) is 9.29 Å². The molecule has 0 saturated carbocycles. The summed E-state index contributed by atoms with van der Waals surface area (Å²) in [5, 5.41) is 4.50. The molecule has 1 atom stereocenters. The molecule has 4 rings (SSSR count). The van der Waals surface area contributed by atoms with Crippen LogP contribution in [0.2, 0.25) is 0 Å². The highest BCUT2D eigenvalue weighted by Crippen LogP contribution is 2.31. The van der Waals surface area contributed by atoms with Crippen LogP contribution in [-0.4, -0.2) is 42.0 Å². The van der Waals surface area contributed by atoms with Gasteiger partial charge < -0.3 is 5.32 Å². The maximum absolute atomic E-state index is 12.6. The zero-order chi connectivity index (χ0) is 21.8. The fourth-order valence-electron chi connectivity index (χ4n) is 3.29. The summed E-state index contributed by atoms with van der Waals surface area (Å²) in [5.74, 6) is -0.156. The number of thioether (sulfide) groups is 1. The highest BCUT2D eigenvalue weighted by Gasteiger charge is 2.27. The lowest BCUT2D eigenvalue weighted by Gasteiger charge is -2.16. The fourth-order valence-corrected chi connectivity index (χ4v) is 6.78. The SMILES string of the molecule is C[C@H](Sc1nc(-c2ccccc2)cs1)C(=O)Nc1ccc(S(=O)(=O)N2CCCC2)cc1. The first-order chi connectivity index (χ1) is 14.9. The van der Waals surface area contributed by atoms with Gasteiger partial charge in [0.1, 0.15) is 0 Å². The molecule has 0 unspecified atom stereocenters. The van der Waals surface area contributed by atoms with E-state index in [0.717, 1.165) is 28.4 Å². The number of aromatic nitrogens is 1. The van der Waals surface area contributed by atoms with E-state index in [0.29, 0.717) is 18.8 Å². The standard InChI is InChI=1S/C22H23N3O3S3/c1-16(30-22-24-20(15-29-22)17-7-3-2-4-8-17)21(26)23-18-9-11-19(12-10-18)31(27,28)25-13-5-6-14-25/h2-4,7-12,15-16H,5-6,13-14H2,1H3,(H,23,26)/t16-/m0/s1. The molecule has 0 spiro atoms.